The zero-order valence-electron chi connectivity index (χ0n) is 17.5. The van der Waals surface area contributed by atoms with Gasteiger partial charge in [0.15, 0.2) is 22.4 Å². The number of carboxylic acid groups (broad SMARTS) is 1. The van der Waals surface area contributed by atoms with Gasteiger partial charge in [-0.2, -0.15) is 5.01 Å². The first-order valence-electron chi connectivity index (χ1n) is 9.64. The van der Waals surface area contributed by atoms with E-state index in [0.29, 0.717) is 17.9 Å². The number of carbonyl (C=O) groups is 3. The van der Waals surface area contributed by atoms with Gasteiger partial charge >= 0.3 is 5.97 Å². The van der Waals surface area contributed by atoms with Gasteiger partial charge in [-0.25, -0.2) is 4.79 Å². The number of ether oxygens (including phenoxy) is 2. The van der Waals surface area contributed by atoms with Crippen LogP contribution in [0.25, 0.3) is 6.08 Å². The first kappa shape index (κ1) is 24.7. The third-order valence-electron chi connectivity index (χ3n) is 4.24. The number of hydrazine groups is 1. The molecule has 2 amide bonds. The molecular formula is C21H17N3O8S2. The molecule has 11 nitrogen and oxygen atoms in total. The van der Waals surface area contributed by atoms with E-state index < -0.39 is 29.3 Å². The van der Waals surface area contributed by atoms with Gasteiger partial charge in [-0.05, 0) is 49.0 Å². The van der Waals surface area contributed by atoms with E-state index in [2.05, 4.69) is 5.43 Å². The normalized spacial score (nSPS) is 14.3. The third-order valence-corrected chi connectivity index (χ3v) is 5.54. The highest BCUT2D eigenvalue weighted by atomic mass is 32.2. The Hall–Kier alpha value is -3.97. The van der Waals surface area contributed by atoms with Crippen molar-refractivity contribution < 1.29 is 33.9 Å². The molecule has 1 fully saturated rings. The highest BCUT2D eigenvalue weighted by Gasteiger charge is 2.34. The summed E-state index contributed by atoms with van der Waals surface area (Å²) in [6.45, 7) is 1.52. The van der Waals surface area contributed by atoms with Crippen LogP contribution in [0.2, 0.25) is 0 Å². The Kier molecular flexibility index (Phi) is 7.81. The second-order valence-electron chi connectivity index (χ2n) is 6.59. The number of hydrogen-bond acceptors (Lipinski definition) is 9. The van der Waals surface area contributed by atoms with Gasteiger partial charge in [0.2, 0.25) is 0 Å². The van der Waals surface area contributed by atoms with Crippen LogP contribution in [0.5, 0.6) is 11.5 Å². The summed E-state index contributed by atoms with van der Waals surface area (Å²) in [4.78, 5) is 46.6. The second kappa shape index (κ2) is 10.8. The van der Waals surface area contributed by atoms with Crippen LogP contribution in [-0.2, 0) is 9.59 Å². The van der Waals surface area contributed by atoms with Gasteiger partial charge in [0.05, 0.1) is 16.4 Å². The molecule has 0 aliphatic carbocycles. The largest absolute Gasteiger partial charge is 0.490 e. The van der Waals surface area contributed by atoms with Crippen molar-refractivity contribution in [2.75, 3.05) is 13.2 Å². The van der Waals surface area contributed by atoms with Crippen molar-refractivity contribution >= 4 is 57.8 Å². The van der Waals surface area contributed by atoms with Crippen molar-refractivity contribution in [3.05, 3.63) is 68.6 Å². The van der Waals surface area contributed by atoms with E-state index in [9.17, 15) is 24.5 Å². The van der Waals surface area contributed by atoms with Gasteiger partial charge in [0.1, 0.15) is 0 Å². The first-order chi connectivity index (χ1) is 16.2. The number of carboxylic acids is 1. The summed E-state index contributed by atoms with van der Waals surface area (Å²) < 4.78 is 10.8. The average molecular weight is 504 g/mol. The van der Waals surface area contributed by atoms with Crippen molar-refractivity contribution in [3.63, 3.8) is 0 Å². The zero-order chi connectivity index (χ0) is 24.8. The second-order valence-corrected chi connectivity index (χ2v) is 8.26. The molecule has 0 unspecified atom stereocenters. The minimum absolute atomic E-state index is 0.00876. The van der Waals surface area contributed by atoms with Crippen LogP contribution in [0.15, 0.2) is 47.4 Å². The summed E-state index contributed by atoms with van der Waals surface area (Å²) >= 11 is 6.15. The Morgan fingerprint density at radius 2 is 2.00 bits per heavy atom. The van der Waals surface area contributed by atoms with Crippen molar-refractivity contribution in [2.45, 2.75) is 6.92 Å². The molecule has 3 rings (SSSR count). The minimum atomic E-state index is -1.14. The Labute approximate surface area is 202 Å². The highest BCUT2D eigenvalue weighted by Crippen LogP contribution is 2.34. The minimum Gasteiger partial charge on any atom is -0.490 e. The number of rotatable bonds is 9. The Balaban J connectivity index is 1.78. The number of thiocarbonyl (C=S) groups is 1. The number of carbonyl (C=O) groups excluding carboxylic acids is 2. The van der Waals surface area contributed by atoms with Crippen LogP contribution in [-0.4, -0.2) is 50.4 Å². The number of nitro groups is 1. The number of nitrogens with zero attached hydrogens (tertiary/aromatic N) is 2. The van der Waals surface area contributed by atoms with E-state index in [1.54, 1.807) is 19.1 Å². The van der Waals surface area contributed by atoms with Crippen molar-refractivity contribution in [3.8, 4) is 11.5 Å². The molecular weight excluding hydrogens is 486 g/mol. The van der Waals surface area contributed by atoms with Gasteiger partial charge < -0.3 is 14.6 Å². The fourth-order valence-corrected chi connectivity index (χ4v) is 3.96. The number of nitrogens with one attached hydrogen (secondary N) is 1. The van der Waals surface area contributed by atoms with E-state index in [0.717, 1.165) is 22.8 Å². The predicted octanol–water partition coefficient (Wildman–Crippen LogP) is 3.00. The quantitative estimate of drug-likeness (QED) is 0.226. The molecule has 1 saturated heterocycles. The molecule has 34 heavy (non-hydrogen) atoms. The number of amides is 2. The molecule has 1 aliphatic heterocycles. The van der Waals surface area contributed by atoms with Gasteiger partial charge in [0, 0.05) is 17.7 Å². The van der Waals surface area contributed by atoms with E-state index in [-0.39, 0.29) is 26.2 Å². The standard InChI is InChI=1S/C21H17N3O8S2/c1-2-31-16-8-12(6-7-15(16)32-11-18(25)26)9-17-20(28)23(21(33)34-17)22-19(27)13-4-3-5-14(10-13)24(29)30/h3-10H,2,11H2,1H3,(H,22,27)(H,25,26)/b17-9+. The molecule has 0 aromatic heterocycles. The van der Waals surface area contributed by atoms with E-state index >= 15 is 0 Å². The van der Waals surface area contributed by atoms with Gasteiger partial charge in [-0.15, -0.1) is 0 Å². The van der Waals surface area contributed by atoms with Crippen molar-refractivity contribution in [2.24, 2.45) is 0 Å². The SMILES string of the molecule is CCOc1cc(/C=C2/SC(=S)N(NC(=O)c3cccc([N+](=O)[O-])c3)C2=O)ccc1OCC(=O)O. The van der Waals surface area contributed by atoms with Crippen molar-refractivity contribution in [1.29, 1.82) is 0 Å². The maximum Gasteiger partial charge on any atom is 0.341 e. The molecule has 0 spiro atoms. The van der Waals surface area contributed by atoms with Crippen LogP contribution < -0.4 is 14.9 Å². The van der Waals surface area contributed by atoms with E-state index in [1.807, 2.05) is 0 Å². The topological polar surface area (TPSA) is 148 Å². The van der Waals surface area contributed by atoms with Crippen LogP contribution in [0, 0.1) is 10.1 Å². The monoisotopic (exact) mass is 503 g/mol. The number of hydrogen-bond donors (Lipinski definition) is 2. The van der Waals surface area contributed by atoms with E-state index in [4.69, 9.17) is 26.8 Å². The summed E-state index contributed by atoms with van der Waals surface area (Å²) in [7, 11) is 0. The molecule has 1 heterocycles. The summed E-state index contributed by atoms with van der Waals surface area (Å²) in [6.07, 6.45) is 1.53. The fourth-order valence-electron chi connectivity index (χ4n) is 2.78. The fraction of sp³-hybridized carbons (Fsp3) is 0.143. The van der Waals surface area contributed by atoms with Gasteiger partial charge in [-0.1, -0.05) is 23.9 Å². The van der Waals surface area contributed by atoms with Gasteiger partial charge in [0.25, 0.3) is 17.5 Å². The summed E-state index contributed by atoms with van der Waals surface area (Å²) in [5.41, 5.74) is 2.64. The maximum atomic E-state index is 12.8. The number of non-ortho nitro benzene ring substituents is 1. The highest BCUT2D eigenvalue weighted by molar-refractivity contribution is 8.26. The van der Waals surface area contributed by atoms with Crippen LogP contribution in [0.1, 0.15) is 22.8 Å². The number of nitro benzene ring substituents is 1. The molecule has 2 aromatic carbocycles. The predicted molar refractivity (Wildman–Crippen MR) is 126 cm³/mol. The number of aliphatic carboxylic acids is 1. The van der Waals surface area contributed by atoms with Crippen LogP contribution in [0.4, 0.5) is 5.69 Å². The molecule has 176 valence electrons. The molecule has 13 heteroatoms. The molecule has 0 radical (unpaired) electrons. The first-order valence-corrected chi connectivity index (χ1v) is 10.9. The molecule has 0 atom stereocenters. The summed E-state index contributed by atoms with van der Waals surface area (Å²) in [5, 5.41) is 20.6. The lowest BCUT2D eigenvalue weighted by molar-refractivity contribution is -0.384. The van der Waals surface area contributed by atoms with Crippen LogP contribution in [0.3, 0.4) is 0 Å². The Morgan fingerprint density at radius 1 is 1.24 bits per heavy atom. The molecule has 0 saturated carbocycles. The summed E-state index contributed by atoms with van der Waals surface area (Å²) in [5.74, 6) is -1.93. The molecule has 1 aliphatic rings. The lowest BCUT2D eigenvalue weighted by atomic mass is 10.2. The Morgan fingerprint density at radius 3 is 2.68 bits per heavy atom. The van der Waals surface area contributed by atoms with E-state index in [1.165, 1.54) is 30.3 Å². The third kappa shape index (κ3) is 5.88. The maximum absolute atomic E-state index is 12.8. The summed E-state index contributed by atoms with van der Waals surface area (Å²) in [6, 6.07) is 9.77. The van der Waals surface area contributed by atoms with Crippen molar-refractivity contribution in [1.82, 2.24) is 10.4 Å². The molecule has 2 aromatic rings. The van der Waals surface area contributed by atoms with Gasteiger partial charge in [-0.3, -0.25) is 25.1 Å². The number of thioether (sulfide) groups is 1. The molecule has 0 bridgehead atoms. The smallest absolute Gasteiger partial charge is 0.341 e. The Bertz CT molecular complexity index is 1210. The number of benzene rings is 2. The lowest BCUT2D eigenvalue weighted by Gasteiger charge is -2.15. The zero-order valence-corrected chi connectivity index (χ0v) is 19.2. The van der Waals surface area contributed by atoms with Crippen LogP contribution >= 0.6 is 24.0 Å². The average Bonchev–Trinajstić information content (AvgIpc) is 3.06. The molecule has 2 N–H and O–H groups in total. The lowest BCUT2D eigenvalue weighted by Crippen LogP contribution is -2.44.